The number of carbonyl (C=O) groups excluding carboxylic acids is 2. The largest absolute Gasteiger partial charge is 0.465 e. The first-order valence-corrected chi connectivity index (χ1v) is 11.4. The van der Waals surface area contributed by atoms with Crippen LogP contribution in [0.3, 0.4) is 0 Å². The van der Waals surface area contributed by atoms with Gasteiger partial charge in [-0.15, -0.1) is 0 Å². The van der Waals surface area contributed by atoms with Crippen molar-refractivity contribution in [3.63, 3.8) is 0 Å². The Balaban J connectivity index is 2.62. The molecule has 4 nitrogen and oxygen atoms in total. The molecule has 27 heavy (non-hydrogen) atoms. The molecule has 0 saturated heterocycles. The number of carbonyl (C=O) groups is 2. The molecule has 1 fully saturated rings. The van der Waals surface area contributed by atoms with Crippen molar-refractivity contribution < 1.29 is 19.1 Å². The minimum Gasteiger partial charge on any atom is -0.465 e. The van der Waals surface area contributed by atoms with E-state index >= 15 is 0 Å². The molecule has 1 saturated carbocycles. The highest BCUT2D eigenvalue weighted by molar-refractivity contribution is 5.83. The molecule has 0 amide bonds. The van der Waals surface area contributed by atoms with Gasteiger partial charge in [-0.25, -0.2) is 0 Å². The first kappa shape index (κ1) is 24.0. The van der Waals surface area contributed by atoms with Gasteiger partial charge in [0.05, 0.1) is 25.0 Å². The van der Waals surface area contributed by atoms with Gasteiger partial charge in [0.25, 0.3) is 0 Å². The van der Waals surface area contributed by atoms with Gasteiger partial charge in [0.2, 0.25) is 0 Å². The van der Waals surface area contributed by atoms with Crippen LogP contribution in [0.5, 0.6) is 0 Å². The zero-order chi connectivity index (χ0) is 20.1. The van der Waals surface area contributed by atoms with Crippen LogP contribution in [0.15, 0.2) is 0 Å². The van der Waals surface area contributed by atoms with E-state index in [2.05, 4.69) is 27.7 Å². The number of hydrogen-bond donors (Lipinski definition) is 0. The summed E-state index contributed by atoms with van der Waals surface area (Å²) in [5, 5.41) is 0. The molecule has 0 aromatic rings. The van der Waals surface area contributed by atoms with Crippen LogP contribution in [0.25, 0.3) is 0 Å². The first-order valence-electron chi connectivity index (χ1n) is 11.4. The van der Waals surface area contributed by atoms with Gasteiger partial charge in [-0.1, -0.05) is 72.6 Å². The Morgan fingerprint density at radius 3 is 1.74 bits per heavy atom. The van der Waals surface area contributed by atoms with Gasteiger partial charge in [-0.05, 0) is 37.5 Å². The normalized spacial score (nSPS) is 24.7. The second kappa shape index (κ2) is 14.0. The van der Waals surface area contributed by atoms with Crippen molar-refractivity contribution in [2.45, 2.75) is 98.3 Å². The van der Waals surface area contributed by atoms with Crippen molar-refractivity contribution in [1.82, 2.24) is 0 Å². The van der Waals surface area contributed by atoms with E-state index in [4.69, 9.17) is 9.47 Å². The van der Waals surface area contributed by atoms with Gasteiger partial charge in [-0.3, -0.25) is 9.59 Å². The standard InChI is InChI=1S/C23H42O4/c1-5-8-10-12-15-26-22(24)20-18(4)17-19(14-7-3)21(20)23(25)27-16-13-11-9-6-2/h18-21H,5-17H2,1-4H3. The number of rotatable bonds is 14. The Labute approximate surface area is 166 Å². The monoisotopic (exact) mass is 382 g/mol. The molecule has 0 spiro atoms. The SMILES string of the molecule is CCCCCCOC(=O)C1C(C)CC(CCC)C1C(=O)OCCCCCC. The molecule has 1 rings (SSSR count). The number of hydrogen-bond acceptors (Lipinski definition) is 4. The minimum atomic E-state index is -0.337. The predicted molar refractivity (Wildman–Crippen MR) is 109 cm³/mol. The van der Waals surface area contributed by atoms with E-state index < -0.39 is 0 Å². The Morgan fingerprint density at radius 2 is 1.26 bits per heavy atom. The smallest absolute Gasteiger partial charge is 0.310 e. The number of esters is 2. The van der Waals surface area contributed by atoms with E-state index in [1.165, 1.54) is 25.7 Å². The number of unbranched alkanes of at least 4 members (excludes halogenated alkanes) is 6. The third-order valence-corrected chi connectivity index (χ3v) is 5.87. The second-order valence-electron chi connectivity index (χ2n) is 8.27. The molecule has 0 N–H and O–H groups in total. The highest BCUT2D eigenvalue weighted by Crippen LogP contribution is 2.45. The number of ether oxygens (including phenoxy) is 2. The molecule has 4 heteroatoms. The van der Waals surface area contributed by atoms with Gasteiger partial charge in [0.1, 0.15) is 0 Å². The fourth-order valence-electron chi connectivity index (χ4n) is 4.40. The summed E-state index contributed by atoms with van der Waals surface area (Å²) >= 11 is 0. The fourth-order valence-corrected chi connectivity index (χ4v) is 4.40. The van der Waals surface area contributed by atoms with Crippen LogP contribution in [0.2, 0.25) is 0 Å². The summed E-state index contributed by atoms with van der Waals surface area (Å²) in [4.78, 5) is 25.5. The van der Waals surface area contributed by atoms with E-state index in [-0.39, 0.29) is 35.6 Å². The van der Waals surface area contributed by atoms with Crippen LogP contribution in [0.1, 0.15) is 98.3 Å². The summed E-state index contributed by atoms with van der Waals surface area (Å²) in [5.74, 6) is -0.606. The summed E-state index contributed by atoms with van der Waals surface area (Å²) in [5.41, 5.74) is 0. The highest BCUT2D eigenvalue weighted by atomic mass is 16.5. The van der Waals surface area contributed by atoms with E-state index in [0.717, 1.165) is 44.9 Å². The molecule has 1 aliphatic carbocycles. The molecule has 0 aromatic heterocycles. The van der Waals surface area contributed by atoms with Crippen LogP contribution in [0, 0.1) is 23.7 Å². The Hall–Kier alpha value is -1.06. The molecule has 4 atom stereocenters. The van der Waals surface area contributed by atoms with Crippen LogP contribution >= 0.6 is 0 Å². The van der Waals surface area contributed by atoms with Crippen molar-refractivity contribution in [2.75, 3.05) is 13.2 Å². The van der Waals surface area contributed by atoms with Crippen LogP contribution in [0.4, 0.5) is 0 Å². The van der Waals surface area contributed by atoms with Gasteiger partial charge < -0.3 is 9.47 Å². The minimum absolute atomic E-state index is 0.178. The summed E-state index contributed by atoms with van der Waals surface area (Å²) in [6, 6.07) is 0. The van der Waals surface area contributed by atoms with E-state index in [1.807, 2.05) is 0 Å². The van der Waals surface area contributed by atoms with Crippen molar-refractivity contribution in [2.24, 2.45) is 23.7 Å². The molecule has 0 heterocycles. The van der Waals surface area contributed by atoms with E-state index in [1.54, 1.807) is 0 Å². The summed E-state index contributed by atoms with van der Waals surface area (Å²) in [6.45, 7) is 9.50. The van der Waals surface area contributed by atoms with Crippen LogP contribution < -0.4 is 0 Å². The predicted octanol–water partition coefficient (Wildman–Crippen LogP) is 5.92. The lowest BCUT2D eigenvalue weighted by molar-refractivity contribution is -0.162. The zero-order valence-electron chi connectivity index (χ0n) is 18.1. The lowest BCUT2D eigenvalue weighted by Gasteiger charge is -2.23. The molecule has 0 aliphatic heterocycles. The molecule has 4 unspecified atom stereocenters. The van der Waals surface area contributed by atoms with Crippen LogP contribution in [-0.2, 0) is 19.1 Å². The molecular formula is C23H42O4. The summed E-state index contributed by atoms with van der Waals surface area (Å²) in [7, 11) is 0. The lowest BCUT2D eigenvalue weighted by atomic mass is 9.85. The van der Waals surface area contributed by atoms with Crippen molar-refractivity contribution in [3.8, 4) is 0 Å². The third kappa shape index (κ3) is 8.23. The quantitative estimate of drug-likeness (QED) is 0.276. The van der Waals surface area contributed by atoms with Gasteiger partial charge in [0.15, 0.2) is 0 Å². The maximum atomic E-state index is 12.8. The maximum Gasteiger partial charge on any atom is 0.310 e. The average molecular weight is 383 g/mol. The highest BCUT2D eigenvalue weighted by Gasteiger charge is 2.49. The zero-order valence-corrected chi connectivity index (χ0v) is 18.1. The topological polar surface area (TPSA) is 52.6 Å². The lowest BCUT2D eigenvalue weighted by Crippen LogP contribution is -2.34. The van der Waals surface area contributed by atoms with Crippen LogP contribution in [-0.4, -0.2) is 25.2 Å². The van der Waals surface area contributed by atoms with E-state index in [9.17, 15) is 9.59 Å². The van der Waals surface area contributed by atoms with Gasteiger partial charge in [0, 0.05) is 0 Å². The summed E-state index contributed by atoms with van der Waals surface area (Å²) < 4.78 is 11.1. The van der Waals surface area contributed by atoms with Crippen molar-refractivity contribution >= 4 is 11.9 Å². The molecule has 1 aliphatic rings. The van der Waals surface area contributed by atoms with Crippen molar-refractivity contribution in [1.29, 1.82) is 0 Å². The molecular weight excluding hydrogens is 340 g/mol. The molecule has 158 valence electrons. The Morgan fingerprint density at radius 1 is 0.741 bits per heavy atom. The fraction of sp³-hybridized carbons (Fsp3) is 0.913. The molecule has 0 radical (unpaired) electrons. The second-order valence-corrected chi connectivity index (χ2v) is 8.27. The molecule has 0 bridgehead atoms. The van der Waals surface area contributed by atoms with Crippen molar-refractivity contribution in [3.05, 3.63) is 0 Å². The Kier molecular flexibility index (Phi) is 12.4. The third-order valence-electron chi connectivity index (χ3n) is 5.87. The van der Waals surface area contributed by atoms with Gasteiger partial charge in [-0.2, -0.15) is 0 Å². The maximum absolute atomic E-state index is 12.8. The summed E-state index contributed by atoms with van der Waals surface area (Å²) in [6.07, 6.45) is 11.6. The Bertz CT molecular complexity index is 421. The molecule has 0 aromatic carbocycles. The average Bonchev–Trinajstić information content (AvgIpc) is 2.97. The first-order chi connectivity index (χ1) is 13.1. The van der Waals surface area contributed by atoms with Gasteiger partial charge >= 0.3 is 11.9 Å². The van der Waals surface area contributed by atoms with E-state index in [0.29, 0.717) is 13.2 Å².